The molecule has 1 aromatic rings. The molecule has 0 N–H and O–H groups in total. The van der Waals surface area contributed by atoms with Crippen molar-refractivity contribution in [3.8, 4) is 0 Å². The van der Waals surface area contributed by atoms with Crippen LogP contribution in [-0.4, -0.2) is 12.8 Å². The first-order valence-corrected chi connectivity index (χ1v) is 3.43. The summed E-state index contributed by atoms with van der Waals surface area (Å²) < 4.78 is 4.99. The molecule has 1 heterocycles. The molecule has 1 aromatic heterocycles. The fourth-order valence-corrected chi connectivity index (χ4v) is 0.711. The van der Waals surface area contributed by atoms with E-state index in [1.54, 1.807) is 12.3 Å². The number of hydrogen-bond acceptors (Lipinski definition) is 2. The molecule has 0 aromatic carbocycles. The Morgan fingerprint density at radius 3 is 3.08 bits per heavy atom. The van der Waals surface area contributed by atoms with Gasteiger partial charge in [-0.2, -0.15) is 6.07 Å². The monoisotopic (exact) mass is 332 g/mol. The molecule has 0 aliphatic carbocycles. The molecule has 0 saturated heterocycles. The van der Waals surface area contributed by atoms with Crippen molar-refractivity contribution in [2.45, 2.75) is 6.92 Å². The number of nitrogens with zero attached hydrogens (tertiary/aromatic N) is 1. The maximum Gasteiger partial charge on any atom is 0.0542 e. The number of furan rings is 1. The fraction of sp³-hybridized carbons (Fsp3) is 0.222. The summed E-state index contributed by atoms with van der Waals surface area (Å²) in [6.45, 7) is 6.28. The Bertz CT molecular complexity index is 252. The van der Waals surface area contributed by atoms with Crippen molar-refractivity contribution in [2.75, 3.05) is 6.54 Å². The average molecular weight is 332 g/mol. The van der Waals surface area contributed by atoms with Crippen molar-refractivity contribution >= 4 is 11.8 Å². The van der Waals surface area contributed by atoms with E-state index in [1.165, 1.54) is 0 Å². The fourth-order valence-electron chi connectivity index (χ4n) is 0.711. The molecule has 1 rings (SSSR count). The maximum absolute atomic E-state index is 4.99. The summed E-state index contributed by atoms with van der Waals surface area (Å²) in [5.74, 6) is 0.760. The van der Waals surface area contributed by atoms with Crippen LogP contribution in [0.15, 0.2) is 28.1 Å². The predicted octanol–water partition coefficient (Wildman–Crippen LogP) is 2.18. The van der Waals surface area contributed by atoms with Crippen LogP contribution in [-0.2, 0) is 21.1 Å². The van der Waals surface area contributed by atoms with Crippen LogP contribution in [0.1, 0.15) is 12.7 Å². The third-order valence-corrected chi connectivity index (χ3v) is 1.28. The van der Waals surface area contributed by atoms with Gasteiger partial charge in [0.05, 0.1) is 6.54 Å². The first-order chi connectivity index (χ1) is 5.34. The molecule has 12 heavy (non-hydrogen) atoms. The Morgan fingerprint density at radius 1 is 1.83 bits per heavy atom. The minimum atomic E-state index is 0. The number of hydrogen-bond donors (Lipinski definition) is 0. The first kappa shape index (κ1) is 11.4. The van der Waals surface area contributed by atoms with E-state index in [2.05, 4.69) is 17.8 Å². The number of aliphatic imine (C=N–C) groups is 1. The van der Waals surface area contributed by atoms with Gasteiger partial charge in [0.15, 0.2) is 0 Å². The second-order valence-electron chi connectivity index (χ2n) is 2.12. The average Bonchev–Trinajstić information content (AvgIpc) is 2.52. The molecule has 3 heteroatoms. The zero-order valence-corrected chi connectivity index (χ0v) is 9.84. The van der Waals surface area contributed by atoms with Gasteiger partial charge in [0.2, 0.25) is 0 Å². The van der Waals surface area contributed by atoms with Gasteiger partial charge in [0.1, 0.15) is 0 Å². The van der Waals surface area contributed by atoms with E-state index in [0.29, 0.717) is 6.54 Å². The van der Waals surface area contributed by atoms with Crippen LogP contribution in [0.4, 0.5) is 0 Å². The molecule has 0 bridgehead atoms. The quantitative estimate of drug-likeness (QED) is 0.615. The summed E-state index contributed by atoms with van der Waals surface area (Å²) in [5.41, 5.74) is 0.879. The van der Waals surface area contributed by atoms with Gasteiger partial charge in [-0.15, -0.1) is 12.6 Å². The smallest absolute Gasteiger partial charge is 0.0542 e. The van der Waals surface area contributed by atoms with Gasteiger partial charge in [0.25, 0.3) is 0 Å². The van der Waals surface area contributed by atoms with Gasteiger partial charge in [-0.05, 0) is 25.2 Å². The summed E-state index contributed by atoms with van der Waals surface area (Å²) in [6.07, 6.45) is 4.35. The van der Waals surface area contributed by atoms with Crippen molar-refractivity contribution in [1.29, 1.82) is 0 Å². The third-order valence-electron chi connectivity index (χ3n) is 1.28. The molecule has 0 aliphatic heterocycles. The Labute approximate surface area is 86.6 Å². The normalized spacial score (nSPS) is 9.75. The molecule has 0 unspecified atom stereocenters. The second kappa shape index (κ2) is 5.96. The van der Waals surface area contributed by atoms with E-state index >= 15 is 0 Å². The van der Waals surface area contributed by atoms with Crippen molar-refractivity contribution < 1.29 is 25.5 Å². The minimum absolute atomic E-state index is 0. The molecule has 64 valence electrons. The third kappa shape index (κ3) is 3.18. The zero-order valence-electron chi connectivity index (χ0n) is 6.91. The van der Waals surface area contributed by atoms with Gasteiger partial charge in [-0.25, -0.2) is 0 Å². The molecule has 2 nitrogen and oxygen atoms in total. The molecule has 0 saturated carbocycles. The van der Waals surface area contributed by atoms with Gasteiger partial charge in [-0.1, -0.05) is 5.57 Å². The van der Waals surface area contributed by atoms with Crippen LogP contribution in [0.25, 0.3) is 5.57 Å². The van der Waals surface area contributed by atoms with E-state index < -0.39 is 0 Å². The largest absolute Gasteiger partial charge is 0.591 e. The summed E-state index contributed by atoms with van der Waals surface area (Å²) in [6, 6.07) is 3.55. The minimum Gasteiger partial charge on any atom is -0.591 e. The predicted molar refractivity (Wildman–Crippen MR) is 45.6 cm³/mol. The van der Waals surface area contributed by atoms with E-state index in [4.69, 9.17) is 4.42 Å². The van der Waals surface area contributed by atoms with Crippen LogP contribution in [0.2, 0.25) is 0 Å². The van der Waals surface area contributed by atoms with Crippen molar-refractivity contribution in [3.05, 3.63) is 30.7 Å². The van der Waals surface area contributed by atoms with Crippen molar-refractivity contribution in [1.82, 2.24) is 0 Å². The Hall–Kier alpha value is -0.622. The summed E-state index contributed by atoms with van der Waals surface area (Å²) >= 11 is 0. The van der Waals surface area contributed by atoms with Crippen LogP contribution < -0.4 is 0 Å². The van der Waals surface area contributed by atoms with E-state index in [-0.39, 0.29) is 21.1 Å². The zero-order chi connectivity index (χ0) is 8.10. The molecular formula is C9H10NOW-. The van der Waals surface area contributed by atoms with Crippen LogP contribution in [0.3, 0.4) is 0 Å². The molecule has 0 radical (unpaired) electrons. The molecule has 0 fully saturated rings. The maximum atomic E-state index is 4.99. The number of rotatable bonds is 3. The van der Waals surface area contributed by atoms with Gasteiger partial charge >= 0.3 is 0 Å². The Kier molecular flexibility index (Phi) is 5.65. The SMILES string of the molecule is C=C(CN=CC)c1cc[c-]o1.[W]. The molecule has 0 amide bonds. The van der Waals surface area contributed by atoms with Gasteiger partial charge in [0, 0.05) is 21.1 Å². The van der Waals surface area contributed by atoms with Crippen LogP contribution in [0, 0.1) is 6.26 Å². The second-order valence-corrected chi connectivity index (χ2v) is 2.12. The van der Waals surface area contributed by atoms with Crippen molar-refractivity contribution in [3.63, 3.8) is 0 Å². The van der Waals surface area contributed by atoms with Crippen LogP contribution >= 0.6 is 0 Å². The molecular weight excluding hydrogens is 322 g/mol. The molecule has 0 aliphatic rings. The van der Waals surface area contributed by atoms with Crippen LogP contribution in [0.5, 0.6) is 0 Å². The summed E-state index contributed by atoms with van der Waals surface area (Å²) in [5, 5.41) is 0. The Morgan fingerprint density at radius 2 is 2.58 bits per heavy atom. The van der Waals surface area contributed by atoms with E-state index in [0.717, 1.165) is 11.3 Å². The standard InChI is InChI=1S/C9H10NO.W/c1-3-10-7-8(2)9-5-4-6-11-9;/h3-5H,2,7H2,1H3;/q-1;. The van der Waals surface area contributed by atoms with E-state index in [9.17, 15) is 0 Å². The van der Waals surface area contributed by atoms with Gasteiger partial charge < -0.3 is 4.42 Å². The summed E-state index contributed by atoms with van der Waals surface area (Å²) in [4.78, 5) is 4.03. The van der Waals surface area contributed by atoms with Crippen molar-refractivity contribution in [2.24, 2.45) is 4.99 Å². The molecule has 0 spiro atoms. The summed E-state index contributed by atoms with van der Waals surface area (Å²) in [7, 11) is 0. The Balaban J connectivity index is 0.00000121. The van der Waals surface area contributed by atoms with E-state index in [1.807, 2.05) is 13.0 Å². The topological polar surface area (TPSA) is 25.5 Å². The first-order valence-electron chi connectivity index (χ1n) is 3.43. The molecule has 0 atom stereocenters. The van der Waals surface area contributed by atoms with Gasteiger partial charge in [-0.3, -0.25) is 4.99 Å².